The van der Waals surface area contributed by atoms with Gasteiger partial charge in [0, 0.05) is 10.4 Å². The highest BCUT2D eigenvalue weighted by molar-refractivity contribution is 7.92. The van der Waals surface area contributed by atoms with E-state index in [-0.39, 0.29) is 10.8 Å². The minimum absolute atomic E-state index is 0.0585. The van der Waals surface area contributed by atoms with E-state index < -0.39 is 10.0 Å². The lowest BCUT2D eigenvalue weighted by atomic mass is 10.2. The molecule has 0 aliphatic heterocycles. The molecule has 0 spiro atoms. The summed E-state index contributed by atoms with van der Waals surface area (Å²) >= 11 is 1.56. The number of thiophene rings is 1. The van der Waals surface area contributed by atoms with Crippen LogP contribution in [0.1, 0.15) is 15.2 Å². The van der Waals surface area contributed by atoms with Crippen LogP contribution in [-0.4, -0.2) is 21.4 Å². The minimum Gasteiger partial charge on any atom is -0.495 e. The fraction of sp³-hybridized carbons (Fsp3) is 0.105. The van der Waals surface area contributed by atoms with Crippen molar-refractivity contribution in [2.24, 2.45) is 0 Å². The van der Waals surface area contributed by atoms with Crippen molar-refractivity contribution < 1.29 is 17.9 Å². The van der Waals surface area contributed by atoms with Crippen LogP contribution < -0.4 is 14.8 Å². The molecule has 0 aliphatic rings. The molecule has 2 N–H and O–H groups in total. The van der Waals surface area contributed by atoms with Gasteiger partial charge in [0.25, 0.3) is 15.9 Å². The zero-order valence-corrected chi connectivity index (χ0v) is 16.1. The second kappa shape index (κ2) is 8.24. The predicted octanol–water partition coefficient (Wildman–Crippen LogP) is 3.49. The molecule has 6 nitrogen and oxygen atoms in total. The van der Waals surface area contributed by atoms with Crippen LogP contribution in [0.4, 0.5) is 5.69 Å². The number of sulfonamides is 1. The van der Waals surface area contributed by atoms with Crippen molar-refractivity contribution in [3.63, 3.8) is 0 Å². The van der Waals surface area contributed by atoms with Crippen molar-refractivity contribution in [1.82, 2.24) is 5.32 Å². The lowest BCUT2D eigenvalue weighted by Crippen LogP contribution is -2.22. The van der Waals surface area contributed by atoms with Gasteiger partial charge in [0.2, 0.25) is 0 Å². The molecule has 0 saturated heterocycles. The molecule has 1 heterocycles. The van der Waals surface area contributed by atoms with Gasteiger partial charge >= 0.3 is 0 Å². The van der Waals surface area contributed by atoms with Crippen molar-refractivity contribution >= 4 is 33.0 Å². The lowest BCUT2D eigenvalue weighted by Gasteiger charge is -2.12. The average Bonchev–Trinajstić information content (AvgIpc) is 3.20. The second-order valence-electron chi connectivity index (χ2n) is 5.59. The van der Waals surface area contributed by atoms with Gasteiger partial charge in [-0.25, -0.2) is 8.42 Å². The fourth-order valence-electron chi connectivity index (χ4n) is 2.40. The molecule has 1 amide bonds. The Labute approximate surface area is 161 Å². The molecular formula is C19H18N2O4S2. The number of carbonyl (C=O) groups excluding carboxylic acids is 1. The van der Waals surface area contributed by atoms with Gasteiger partial charge < -0.3 is 10.1 Å². The molecule has 0 unspecified atom stereocenters. The van der Waals surface area contributed by atoms with Crippen LogP contribution in [0.3, 0.4) is 0 Å². The van der Waals surface area contributed by atoms with Crippen LogP contribution in [0.2, 0.25) is 0 Å². The van der Waals surface area contributed by atoms with Crippen molar-refractivity contribution in [2.45, 2.75) is 11.4 Å². The summed E-state index contributed by atoms with van der Waals surface area (Å²) < 4.78 is 32.8. The molecule has 0 aliphatic carbocycles. The Morgan fingerprint density at radius 1 is 1.04 bits per heavy atom. The normalized spacial score (nSPS) is 11.0. The number of hydrogen-bond acceptors (Lipinski definition) is 5. The van der Waals surface area contributed by atoms with Crippen LogP contribution in [0.15, 0.2) is 70.9 Å². The van der Waals surface area contributed by atoms with Gasteiger partial charge in [0.05, 0.1) is 24.2 Å². The third kappa shape index (κ3) is 4.66. The Kier molecular flexibility index (Phi) is 5.78. The fourth-order valence-corrected chi connectivity index (χ4v) is 4.12. The topological polar surface area (TPSA) is 84.5 Å². The van der Waals surface area contributed by atoms with E-state index in [2.05, 4.69) is 10.0 Å². The summed E-state index contributed by atoms with van der Waals surface area (Å²) in [5.74, 6) is 0.163. The quantitative estimate of drug-likeness (QED) is 0.634. The molecule has 8 heteroatoms. The SMILES string of the molecule is COc1ccccc1NS(=O)(=O)c1ccc(C(=O)NCc2cccs2)cc1. The maximum Gasteiger partial charge on any atom is 0.262 e. The van der Waals surface area contributed by atoms with E-state index in [0.717, 1.165) is 4.88 Å². The summed E-state index contributed by atoms with van der Waals surface area (Å²) in [6.07, 6.45) is 0. The largest absolute Gasteiger partial charge is 0.495 e. The number of methoxy groups -OCH3 is 1. The van der Waals surface area contributed by atoms with Crippen molar-refractivity contribution in [3.05, 3.63) is 76.5 Å². The number of rotatable bonds is 7. The monoisotopic (exact) mass is 402 g/mol. The molecule has 3 aromatic rings. The molecule has 3 rings (SSSR count). The second-order valence-corrected chi connectivity index (χ2v) is 8.31. The van der Waals surface area contributed by atoms with Crippen LogP contribution in [0.5, 0.6) is 5.75 Å². The van der Waals surface area contributed by atoms with E-state index in [1.165, 1.54) is 31.4 Å². The average molecular weight is 402 g/mol. The summed E-state index contributed by atoms with van der Waals surface area (Å²) in [4.78, 5) is 13.3. The summed E-state index contributed by atoms with van der Waals surface area (Å²) in [6.45, 7) is 0.436. The summed E-state index contributed by atoms with van der Waals surface area (Å²) in [5, 5.41) is 4.74. The van der Waals surface area contributed by atoms with Crippen molar-refractivity contribution in [2.75, 3.05) is 11.8 Å². The van der Waals surface area contributed by atoms with Crippen LogP contribution in [0, 0.1) is 0 Å². The highest BCUT2D eigenvalue weighted by Crippen LogP contribution is 2.26. The zero-order valence-electron chi connectivity index (χ0n) is 14.5. The maximum absolute atomic E-state index is 12.6. The first kappa shape index (κ1) is 18.9. The van der Waals surface area contributed by atoms with Gasteiger partial charge in [-0.1, -0.05) is 18.2 Å². The van der Waals surface area contributed by atoms with E-state index in [1.54, 1.807) is 35.6 Å². The number of para-hydroxylation sites is 2. The summed E-state index contributed by atoms with van der Waals surface area (Å²) in [6, 6.07) is 16.4. The Morgan fingerprint density at radius 3 is 2.44 bits per heavy atom. The summed E-state index contributed by atoms with van der Waals surface area (Å²) in [5.41, 5.74) is 0.737. The van der Waals surface area contributed by atoms with Gasteiger partial charge in [0.1, 0.15) is 5.75 Å². The predicted molar refractivity (Wildman–Crippen MR) is 106 cm³/mol. The Balaban J connectivity index is 1.71. The maximum atomic E-state index is 12.6. The molecular weight excluding hydrogens is 384 g/mol. The van der Waals surface area contributed by atoms with Crippen LogP contribution >= 0.6 is 11.3 Å². The number of amides is 1. The van der Waals surface area contributed by atoms with Crippen LogP contribution in [0.25, 0.3) is 0 Å². The van der Waals surface area contributed by atoms with E-state index in [9.17, 15) is 13.2 Å². The highest BCUT2D eigenvalue weighted by Gasteiger charge is 2.17. The smallest absolute Gasteiger partial charge is 0.262 e. The first-order valence-electron chi connectivity index (χ1n) is 8.06. The number of hydrogen-bond donors (Lipinski definition) is 2. The standard InChI is InChI=1S/C19H18N2O4S2/c1-25-18-7-3-2-6-17(18)21-27(23,24)16-10-8-14(9-11-16)19(22)20-13-15-5-4-12-26-15/h2-12,21H,13H2,1H3,(H,20,22). The summed E-state index contributed by atoms with van der Waals surface area (Å²) in [7, 11) is -2.33. The number of benzene rings is 2. The molecule has 0 radical (unpaired) electrons. The third-order valence-electron chi connectivity index (χ3n) is 3.78. The molecule has 27 heavy (non-hydrogen) atoms. The molecule has 2 aromatic carbocycles. The van der Waals surface area contributed by atoms with E-state index in [1.807, 2.05) is 17.5 Å². The number of anilines is 1. The molecule has 140 valence electrons. The molecule has 0 bridgehead atoms. The molecule has 0 saturated carbocycles. The molecule has 0 atom stereocenters. The van der Waals surface area contributed by atoms with Gasteiger partial charge in [-0.3, -0.25) is 9.52 Å². The highest BCUT2D eigenvalue weighted by atomic mass is 32.2. The first-order chi connectivity index (χ1) is 13.0. The van der Waals surface area contributed by atoms with Crippen molar-refractivity contribution in [1.29, 1.82) is 0 Å². The number of nitrogens with one attached hydrogen (secondary N) is 2. The van der Waals surface area contributed by atoms with Gasteiger partial charge in [0.15, 0.2) is 0 Å². The number of carbonyl (C=O) groups is 1. The lowest BCUT2D eigenvalue weighted by molar-refractivity contribution is 0.0951. The van der Waals surface area contributed by atoms with Crippen LogP contribution in [-0.2, 0) is 16.6 Å². The Bertz CT molecular complexity index is 1010. The Morgan fingerprint density at radius 2 is 1.78 bits per heavy atom. The minimum atomic E-state index is -3.80. The third-order valence-corrected chi connectivity index (χ3v) is 6.04. The molecule has 0 fully saturated rings. The van der Waals surface area contributed by atoms with E-state index >= 15 is 0 Å². The van der Waals surface area contributed by atoms with Gasteiger partial charge in [-0.15, -0.1) is 11.3 Å². The Hall–Kier alpha value is -2.84. The van der Waals surface area contributed by atoms with E-state index in [4.69, 9.17) is 4.74 Å². The zero-order chi connectivity index (χ0) is 19.3. The number of ether oxygens (including phenoxy) is 1. The van der Waals surface area contributed by atoms with Gasteiger partial charge in [-0.05, 0) is 47.8 Å². The van der Waals surface area contributed by atoms with Gasteiger partial charge in [-0.2, -0.15) is 0 Å². The van der Waals surface area contributed by atoms with E-state index in [0.29, 0.717) is 23.5 Å². The molecule has 1 aromatic heterocycles. The first-order valence-corrected chi connectivity index (χ1v) is 10.4. The van der Waals surface area contributed by atoms with Crippen molar-refractivity contribution in [3.8, 4) is 5.75 Å².